The average molecular weight is 262 g/mol. The third-order valence-electron chi connectivity index (χ3n) is 2.38. The SMILES string of the molecule is O=S(=O)(CCCCl)N1CCC(F)(F)CC1. The summed E-state index contributed by atoms with van der Waals surface area (Å²) in [4.78, 5) is 0. The largest absolute Gasteiger partial charge is 0.250 e. The van der Waals surface area contributed by atoms with Crippen LogP contribution in [0.5, 0.6) is 0 Å². The van der Waals surface area contributed by atoms with Gasteiger partial charge in [0, 0.05) is 31.8 Å². The fourth-order valence-electron chi connectivity index (χ4n) is 1.46. The first-order valence-corrected chi connectivity index (χ1v) is 6.93. The van der Waals surface area contributed by atoms with E-state index in [1.165, 1.54) is 0 Å². The molecule has 0 amide bonds. The summed E-state index contributed by atoms with van der Waals surface area (Å²) in [5, 5.41) is 0. The molecule has 1 aliphatic heterocycles. The highest BCUT2D eigenvalue weighted by atomic mass is 35.5. The maximum Gasteiger partial charge on any atom is 0.250 e. The van der Waals surface area contributed by atoms with Crippen molar-refractivity contribution in [3.05, 3.63) is 0 Å². The summed E-state index contributed by atoms with van der Waals surface area (Å²) in [5.41, 5.74) is 0. The van der Waals surface area contributed by atoms with E-state index in [0.29, 0.717) is 6.42 Å². The van der Waals surface area contributed by atoms with Crippen LogP contribution in [-0.2, 0) is 10.0 Å². The molecule has 0 unspecified atom stereocenters. The standard InChI is InChI=1S/C8H14ClF2NO2S/c9-4-1-7-15(13,14)12-5-2-8(10,11)3-6-12/h1-7H2. The summed E-state index contributed by atoms with van der Waals surface area (Å²) in [6, 6.07) is 0. The van der Waals surface area contributed by atoms with Gasteiger partial charge in [-0.15, -0.1) is 11.6 Å². The molecule has 15 heavy (non-hydrogen) atoms. The minimum atomic E-state index is -3.38. The van der Waals surface area contributed by atoms with E-state index in [9.17, 15) is 17.2 Å². The van der Waals surface area contributed by atoms with Gasteiger partial charge in [-0.05, 0) is 6.42 Å². The number of halogens is 3. The first-order valence-electron chi connectivity index (χ1n) is 4.79. The van der Waals surface area contributed by atoms with Crippen molar-refractivity contribution < 1.29 is 17.2 Å². The smallest absolute Gasteiger partial charge is 0.212 e. The Morgan fingerprint density at radius 1 is 1.27 bits per heavy atom. The molecular weight excluding hydrogens is 248 g/mol. The number of rotatable bonds is 4. The zero-order valence-corrected chi connectivity index (χ0v) is 9.83. The van der Waals surface area contributed by atoms with Crippen LogP contribution in [0.1, 0.15) is 19.3 Å². The molecule has 1 rings (SSSR count). The predicted octanol–water partition coefficient (Wildman–Crippen LogP) is 1.68. The number of sulfonamides is 1. The first kappa shape index (κ1) is 13.1. The molecule has 90 valence electrons. The van der Waals surface area contributed by atoms with Crippen molar-refractivity contribution in [3.63, 3.8) is 0 Å². The molecule has 0 N–H and O–H groups in total. The van der Waals surface area contributed by atoms with Crippen molar-refractivity contribution in [2.45, 2.75) is 25.2 Å². The van der Waals surface area contributed by atoms with Gasteiger partial charge in [-0.3, -0.25) is 0 Å². The van der Waals surface area contributed by atoms with Crippen LogP contribution in [0.3, 0.4) is 0 Å². The number of hydrogen-bond acceptors (Lipinski definition) is 2. The Labute approximate surface area is 93.4 Å². The Morgan fingerprint density at radius 3 is 2.27 bits per heavy atom. The molecule has 3 nitrogen and oxygen atoms in total. The number of alkyl halides is 3. The summed E-state index contributed by atoms with van der Waals surface area (Å²) < 4.78 is 49.8. The van der Waals surface area contributed by atoms with Crippen molar-refractivity contribution >= 4 is 21.6 Å². The van der Waals surface area contributed by atoms with Crippen LogP contribution in [0.4, 0.5) is 8.78 Å². The maximum absolute atomic E-state index is 12.8. The number of nitrogens with zero attached hydrogens (tertiary/aromatic N) is 1. The molecule has 0 spiro atoms. The van der Waals surface area contributed by atoms with Gasteiger partial charge in [-0.1, -0.05) is 0 Å². The second-order valence-corrected chi connectivity index (χ2v) is 6.08. The molecule has 0 bridgehead atoms. The molecule has 0 aromatic carbocycles. The second kappa shape index (κ2) is 4.93. The third kappa shape index (κ3) is 3.85. The Balaban J connectivity index is 2.52. The van der Waals surface area contributed by atoms with E-state index in [1.54, 1.807) is 0 Å². The van der Waals surface area contributed by atoms with E-state index >= 15 is 0 Å². The lowest BCUT2D eigenvalue weighted by molar-refractivity contribution is -0.0411. The number of piperidine rings is 1. The Morgan fingerprint density at radius 2 is 1.80 bits per heavy atom. The second-order valence-electron chi connectivity index (χ2n) is 3.61. The molecular formula is C8H14ClF2NO2S. The van der Waals surface area contributed by atoms with Gasteiger partial charge in [0.2, 0.25) is 10.0 Å². The fourth-order valence-corrected chi connectivity index (χ4v) is 3.26. The lowest BCUT2D eigenvalue weighted by Gasteiger charge is -2.30. The lowest BCUT2D eigenvalue weighted by atomic mass is 10.1. The van der Waals surface area contributed by atoms with E-state index in [-0.39, 0.29) is 37.6 Å². The van der Waals surface area contributed by atoms with Gasteiger partial charge < -0.3 is 0 Å². The van der Waals surface area contributed by atoms with Gasteiger partial charge >= 0.3 is 0 Å². The van der Waals surface area contributed by atoms with Crippen molar-refractivity contribution in [1.82, 2.24) is 4.31 Å². The van der Waals surface area contributed by atoms with Gasteiger partial charge in [0.05, 0.1) is 5.75 Å². The molecule has 0 aromatic rings. The van der Waals surface area contributed by atoms with Gasteiger partial charge in [0.25, 0.3) is 5.92 Å². The van der Waals surface area contributed by atoms with E-state index in [2.05, 4.69) is 0 Å². The van der Waals surface area contributed by atoms with Gasteiger partial charge in [0.1, 0.15) is 0 Å². The fraction of sp³-hybridized carbons (Fsp3) is 1.00. The van der Waals surface area contributed by atoms with E-state index < -0.39 is 15.9 Å². The maximum atomic E-state index is 12.8. The molecule has 0 aromatic heterocycles. The van der Waals surface area contributed by atoms with Crippen LogP contribution in [0.2, 0.25) is 0 Å². The summed E-state index contributed by atoms with van der Waals surface area (Å²) in [6.07, 6.45) is -0.406. The normalized spacial score (nSPS) is 22.9. The summed E-state index contributed by atoms with van der Waals surface area (Å²) in [6.45, 7) is -0.171. The molecule has 0 atom stereocenters. The zero-order chi connectivity index (χ0) is 11.5. The van der Waals surface area contributed by atoms with Crippen molar-refractivity contribution in [3.8, 4) is 0 Å². The lowest BCUT2D eigenvalue weighted by Crippen LogP contribution is -2.43. The molecule has 7 heteroatoms. The number of hydrogen-bond donors (Lipinski definition) is 0. The van der Waals surface area contributed by atoms with E-state index in [4.69, 9.17) is 11.6 Å². The Hall–Kier alpha value is 0.0600. The van der Waals surface area contributed by atoms with Crippen molar-refractivity contribution in [2.24, 2.45) is 0 Å². The summed E-state index contributed by atoms with van der Waals surface area (Å²) in [5.74, 6) is -2.50. The van der Waals surface area contributed by atoms with Crippen LogP contribution in [-0.4, -0.2) is 43.4 Å². The third-order valence-corrected chi connectivity index (χ3v) is 4.61. The van der Waals surface area contributed by atoms with E-state index in [0.717, 1.165) is 4.31 Å². The molecule has 1 fully saturated rings. The van der Waals surface area contributed by atoms with Crippen LogP contribution in [0.25, 0.3) is 0 Å². The monoisotopic (exact) mass is 261 g/mol. The van der Waals surface area contributed by atoms with Crippen molar-refractivity contribution in [2.75, 3.05) is 24.7 Å². The predicted molar refractivity (Wildman–Crippen MR) is 54.9 cm³/mol. The topological polar surface area (TPSA) is 37.4 Å². The van der Waals surface area contributed by atoms with Crippen molar-refractivity contribution in [1.29, 1.82) is 0 Å². The van der Waals surface area contributed by atoms with Crippen LogP contribution in [0, 0.1) is 0 Å². The van der Waals surface area contributed by atoms with Crippen LogP contribution < -0.4 is 0 Å². The summed E-state index contributed by atoms with van der Waals surface area (Å²) >= 11 is 5.39. The highest BCUT2D eigenvalue weighted by molar-refractivity contribution is 7.89. The molecule has 1 aliphatic rings. The van der Waals surface area contributed by atoms with E-state index in [1.807, 2.05) is 0 Å². The Kier molecular flexibility index (Phi) is 4.31. The molecule has 1 heterocycles. The molecule has 0 aliphatic carbocycles. The highest BCUT2D eigenvalue weighted by Crippen LogP contribution is 2.28. The zero-order valence-electron chi connectivity index (χ0n) is 8.26. The van der Waals surface area contributed by atoms with Crippen LogP contribution >= 0.6 is 11.6 Å². The molecule has 1 saturated heterocycles. The van der Waals surface area contributed by atoms with Gasteiger partial charge in [-0.2, -0.15) is 0 Å². The minimum absolute atomic E-state index is 0.0535. The Bertz CT molecular complexity index is 298. The quantitative estimate of drug-likeness (QED) is 0.722. The minimum Gasteiger partial charge on any atom is -0.212 e. The first-order chi connectivity index (χ1) is 6.87. The molecule has 0 radical (unpaired) electrons. The summed E-state index contributed by atoms with van der Waals surface area (Å²) in [7, 11) is -3.38. The van der Waals surface area contributed by atoms with Gasteiger partial charge in [-0.25, -0.2) is 21.5 Å². The van der Waals surface area contributed by atoms with Gasteiger partial charge in [0.15, 0.2) is 0 Å². The average Bonchev–Trinajstić information content (AvgIpc) is 2.14. The van der Waals surface area contributed by atoms with Crippen LogP contribution in [0.15, 0.2) is 0 Å². The highest BCUT2D eigenvalue weighted by Gasteiger charge is 2.37. The molecule has 0 saturated carbocycles.